The van der Waals surface area contributed by atoms with Crippen LogP contribution >= 0.6 is 35.4 Å². The van der Waals surface area contributed by atoms with Gasteiger partial charge in [0.15, 0.2) is 5.11 Å². The predicted molar refractivity (Wildman–Crippen MR) is 122 cm³/mol. The molecule has 0 saturated heterocycles. The van der Waals surface area contributed by atoms with Crippen LogP contribution in [0.1, 0.15) is 15.9 Å². The van der Waals surface area contributed by atoms with Gasteiger partial charge in [0.1, 0.15) is 5.82 Å². The first-order chi connectivity index (χ1) is 13.8. The minimum Gasteiger partial charge on any atom is -0.332 e. The van der Waals surface area contributed by atoms with E-state index in [0.29, 0.717) is 26.5 Å². The fourth-order valence-corrected chi connectivity index (χ4v) is 3.13. The van der Waals surface area contributed by atoms with Crippen molar-refractivity contribution >= 4 is 63.5 Å². The van der Waals surface area contributed by atoms with Gasteiger partial charge in [-0.2, -0.15) is 0 Å². The van der Waals surface area contributed by atoms with Crippen molar-refractivity contribution in [2.24, 2.45) is 0 Å². The van der Waals surface area contributed by atoms with Crippen molar-refractivity contribution < 1.29 is 9.18 Å². The van der Waals surface area contributed by atoms with Crippen molar-refractivity contribution in [3.05, 3.63) is 87.7 Å². The van der Waals surface area contributed by atoms with Gasteiger partial charge < -0.3 is 16.0 Å². The van der Waals surface area contributed by atoms with Crippen LogP contribution in [0, 0.1) is 12.7 Å². The smallest absolute Gasteiger partial charge is 0.258 e. The SMILES string of the molecule is Cc1ccc(NC(=S)Nc2ccc(NC(=O)c3ccccc3F)cc2Cl)cc1Cl. The van der Waals surface area contributed by atoms with Crippen LogP contribution in [0.4, 0.5) is 21.5 Å². The van der Waals surface area contributed by atoms with E-state index in [1.165, 1.54) is 18.2 Å². The van der Waals surface area contributed by atoms with Gasteiger partial charge in [0.2, 0.25) is 0 Å². The van der Waals surface area contributed by atoms with Crippen molar-refractivity contribution in [2.45, 2.75) is 6.92 Å². The Bertz CT molecular complexity index is 1090. The minimum atomic E-state index is -0.595. The van der Waals surface area contributed by atoms with Crippen LogP contribution in [0.25, 0.3) is 0 Å². The second kappa shape index (κ2) is 9.22. The van der Waals surface area contributed by atoms with Crippen LogP contribution in [0.2, 0.25) is 10.0 Å². The fourth-order valence-electron chi connectivity index (χ4n) is 2.49. The number of amides is 1. The van der Waals surface area contributed by atoms with E-state index < -0.39 is 11.7 Å². The number of halogens is 3. The molecule has 3 aromatic rings. The number of benzene rings is 3. The normalized spacial score (nSPS) is 10.3. The fraction of sp³-hybridized carbons (Fsp3) is 0.0476. The molecule has 0 bridgehead atoms. The highest BCUT2D eigenvalue weighted by molar-refractivity contribution is 7.80. The molecule has 0 aliphatic heterocycles. The summed E-state index contributed by atoms with van der Waals surface area (Å²) in [6.07, 6.45) is 0. The number of hydrogen-bond acceptors (Lipinski definition) is 2. The minimum absolute atomic E-state index is 0.0482. The Labute approximate surface area is 183 Å². The molecule has 0 aliphatic carbocycles. The molecule has 0 fully saturated rings. The molecule has 0 aromatic heterocycles. The van der Waals surface area contributed by atoms with E-state index in [1.807, 2.05) is 19.1 Å². The van der Waals surface area contributed by atoms with Gasteiger partial charge in [0.05, 0.1) is 16.3 Å². The van der Waals surface area contributed by atoms with Crippen LogP contribution < -0.4 is 16.0 Å². The predicted octanol–water partition coefficient (Wildman–Crippen LogP) is 6.50. The van der Waals surface area contributed by atoms with Crippen LogP contribution in [-0.2, 0) is 0 Å². The number of carbonyl (C=O) groups is 1. The van der Waals surface area contributed by atoms with Crippen molar-refractivity contribution in [1.29, 1.82) is 0 Å². The standard InChI is InChI=1S/C21H16Cl2FN3OS/c1-12-6-7-14(10-16(12)22)26-21(29)27-19-9-8-13(11-17(19)23)25-20(28)15-4-2-3-5-18(15)24/h2-11H,1H3,(H,25,28)(H2,26,27,29). The number of thiocarbonyl (C=S) groups is 1. The van der Waals surface area contributed by atoms with Crippen molar-refractivity contribution in [1.82, 2.24) is 0 Å². The number of aryl methyl sites for hydroxylation is 1. The average Bonchev–Trinajstić information content (AvgIpc) is 2.67. The monoisotopic (exact) mass is 447 g/mol. The molecular formula is C21H16Cl2FN3OS. The Hall–Kier alpha value is -2.67. The van der Waals surface area contributed by atoms with Gasteiger partial charge in [0.25, 0.3) is 5.91 Å². The Kier molecular flexibility index (Phi) is 6.69. The van der Waals surface area contributed by atoms with Gasteiger partial charge in [-0.1, -0.05) is 41.4 Å². The molecule has 1 amide bonds. The molecule has 0 radical (unpaired) electrons. The highest BCUT2D eigenvalue weighted by Gasteiger charge is 2.12. The van der Waals surface area contributed by atoms with Crippen molar-refractivity contribution in [2.75, 3.05) is 16.0 Å². The van der Waals surface area contributed by atoms with E-state index in [2.05, 4.69) is 16.0 Å². The summed E-state index contributed by atoms with van der Waals surface area (Å²) in [5.41, 5.74) is 2.63. The molecule has 0 atom stereocenters. The topological polar surface area (TPSA) is 53.2 Å². The number of carbonyl (C=O) groups excluding carboxylic acids is 1. The zero-order chi connectivity index (χ0) is 21.0. The molecular weight excluding hydrogens is 432 g/mol. The Morgan fingerprint density at radius 1 is 0.897 bits per heavy atom. The van der Waals surface area contributed by atoms with Crippen LogP contribution in [0.3, 0.4) is 0 Å². The van der Waals surface area contributed by atoms with Crippen LogP contribution in [0.5, 0.6) is 0 Å². The number of rotatable bonds is 4. The maximum absolute atomic E-state index is 13.7. The molecule has 0 saturated carbocycles. The zero-order valence-corrected chi connectivity index (χ0v) is 17.6. The van der Waals surface area contributed by atoms with Gasteiger partial charge in [-0.05, 0) is 67.2 Å². The molecule has 8 heteroatoms. The molecule has 3 N–H and O–H groups in total. The van der Waals surface area contributed by atoms with Crippen LogP contribution in [0.15, 0.2) is 60.7 Å². The third kappa shape index (κ3) is 5.44. The maximum atomic E-state index is 13.7. The third-order valence-electron chi connectivity index (χ3n) is 4.02. The van der Waals surface area contributed by atoms with E-state index in [0.717, 1.165) is 11.3 Å². The lowest BCUT2D eigenvalue weighted by Crippen LogP contribution is -2.19. The van der Waals surface area contributed by atoms with Crippen molar-refractivity contribution in [3.63, 3.8) is 0 Å². The highest BCUT2D eigenvalue weighted by atomic mass is 35.5. The first-order valence-electron chi connectivity index (χ1n) is 8.53. The summed E-state index contributed by atoms with van der Waals surface area (Å²) >= 11 is 17.7. The summed E-state index contributed by atoms with van der Waals surface area (Å²) in [5.74, 6) is -1.16. The Balaban J connectivity index is 1.66. The van der Waals surface area contributed by atoms with E-state index in [4.69, 9.17) is 35.4 Å². The lowest BCUT2D eigenvalue weighted by molar-refractivity contribution is 0.102. The van der Waals surface area contributed by atoms with Gasteiger partial charge in [-0.15, -0.1) is 0 Å². The third-order valence-corrected chi connectivity index (χ3v) is 4.95. The molecule has 0 spiro atoms. The van der Waals surface area contributed by atoms with Gasteiger partial charge in [-0.3, -0.25) is 4.79 Å². The van der Waals surface area contributed by atoms with E-state index >= 15 is 0 Å². The summed E-state index contributed by atoms with van der Waals surface area (Å²) < 4.78 is 13.7. The lowest BCUT2D eigenvalue weighted by Gasteiger charge is -2.14. The largest absolute Gasteiger partial charge is 0.332 e. The molecule has 29 heavy (non-hydrogen) atoms. The average molecular weight is 448 g/mol. The summed E-state index contributed by atoms with van der Waals surface area (Å²) in [4.78, 5) is 12.2. The van der Waals surface area contributed by atoms with Crippen molar-refractivity contribution in [3.8, 4) is 0 Å². The Morgan fingerprint density at radius 3 is 2.24 bits per heavy atom. The summed E-state index contributed by atoms with van der Waals surface area (Å²) in [7, 11) is 0. The summed E-state index contributed by atoms with van der Waals surface area (Å²) in [6, 6.07) is 16.1. The van der Waals surface area contributed by atoms with Gasteiger partial charge in [0, 0.05) is 16.4 Å². The summed E-state index contributed by atoms with van der Waals surface area (Å²) in [5, 5.41) is 9.92. The number of nitrogens with one attached hydrogen (secondary N) is 3. The lowest BCUT2D eigenvalue weighted by atomic mass is 10.2. The zero-order valence-electron chi connectivity index (χ0n) is 15.2. The van der Waals surface area contributed by atoms with Crippen LogP contribution in [-0.4, -0.2) is 11.0 Å². The first kappa shape index (κ1) is 21.0. The van der Waals surface area contributed by atoms with Gasteiger partial charge >= 0.3 is 0 Å². The molecule has 0 aliphatic rings. The maximum Gasteiger partial charge on any atom is 0.258 e. The highest BCUT2D eigenvalue weighted by Crippen LogP contribution is 2.27. The van der Waals surface area contributed by atoms with E-state index in [1.54, 1.807) is 30.3 Å². The molecule has 148 valence electrons. The summed E-state index contributed by atoms with van der Waals surface area (Å²) in [6.45, 7) is 1.91. The number of anilines is 3. The molecule has 0 unspecified atom stereocenters. The Morgan fingerprint density at radius 2 is 1.55 bits per heavy atom. The molecule has 3 aromatic carbocycles. The number of hydrogen-bond donors (Lipinski definition) is 3. The second-order valence-electron chi connectivity index (χ2n) is 6.17. The first-order valence-corrected chi connectivity index (χ1v) is 9.69. The molecule has 3 rings (SSSR count). The van der Waals surface area contributed by atoms with Gasteiger partial charge in [-0.25, -0.2) is 4.39 Å². The molecule has 0 heterocycles. The second-order valence-corrected chi connectivity index (χ2v) is 7.39. The quantitative estimate of drug-likeness (QED) is 0.399. The molecule has 4 nitrogen and oxygen atoms in total. The van der Waals surface area contributed by atoms with E-state index in [9.17, 15) is 9.18 Å². The van der Waals surface area contributed by atoms with E-state index in [-0.39, 0.29) is 5.56 Å².